The van der Waals surface area contributed by atoms with Crippen LogP contribution in [0.3, 0.4) is 0 Å². The summed E-state index contributed by atoms with van der Waals surface area (Å²) < 4.78 is 0. The molecule has 0 radical (unpaired) electrons. The number of nitrogens with two attached hydrogens (primary N) is 1. The van der Waals surface area contributed by atoms with E-state index >= 15 is 0 Å². The van der Waals surface area contributed by atoms with Crippen LogP contribution >= 0.6 is 0 Å². The molecule has 0 saturated carbocycles. The molecule has 0 spiro atoms. The van der Waals surface area contributed by atoms with Crippen LogP contribution in [0.1, 0.15) is 29.5 Å². The molecule has 0 amide bonds. The number of hydrogen-bond acceptors (Lipinski definition) is 1. The molecule has 1 heteroatoms. The molecule has 0 heterocycles. The fraction of sp³-hybridized carbons (Fsp3) is 0.294. The molecule has 92 valence electrons. The Hall–Kier alpha value is -1.76. The molecule has 0 aliphatic heterocycles. The van der Waals surface area contributed by atoms with E-state index in [1.54, 1.807) is 0 Å². The van der Waals surface area contributed by atoms with Gasteiger partial charge in [-0.05, 0) is 66.5 Å². The SMILES string of the molecule is Cc1ccc(-c2ccc3c(c2)CCCC3)cc1N. The van der Waals surface area contributed by atoms with Crippen molar-refractivity contribution in [1.82, 2.24) is 0 Å². The van der Waals surface area contributed by atoms with Crippen molar-refractivity contribution in [2.45, 2.75) is 32.6 Å². The standard InChI is InChI=1S/C17H19N/c1-12-6-7-16(11-17(12)18)15-9-8-13-4-2-3-5-14(13)10-15/h6-11H,2-5,18H2,1H3. The van der Waals surface area contributed by atoms with Crippen LogP contribution in [0.5, 0.6) is 0 Å². The van der Waals surface area contributed by atoms with Crippen molar-refractivity contribution in [2.24, 2.45) is 0 Å². The molecule has 0 aromatic heterocycles. The van der Waals surface area contributed by atoms with Crippen molar-refractivity contribution in [3.05, 3.63) is 53.1 Å². The first-order valence-corrected chi connectivity index (χ1v) is 6.72. The van der Waals surface area contributed by atoms with E-state index in [1.807, 2.05) is 6.92 Å². The molecular formula is C17H19N. The smallest absolute Gasteiger partial charge is 0.0349 e. The van der Waals surface area contributed by atoms with E-state index in [9.17, 15) is 0 Å². The number of aryl methyl sites for hydroxylation is 3. The maximum Gasteiger partial charge on any atom is 0.0349 e. The summed E-state index contributed by atoms with van der Waals surface area (Å²) in [5, 5.41) is 0. The third kappa shape index (κ3) is 2.01. The molecule has 2 N–H and O–H groups in total. The number of rotatable bonds is 1. The molecule has 3 rings (SSSR count). The predicted octanol–water partition coefficient (Wildman–Crippen LogP) is 4.12. The van der Waals surface area contributed by atoms with Crippen LogP contribution in [0.25, 0.3) is 11.1 Å². The predicted molar refractivity (Wildman–Crippen MR) is 77.7 cm³/mol. The number of nitrogen functional groups attached to an aromatic ring is 1. The minimum Gasteiger partial charge on any atom is -0.398 e. The minimum atomic E-state index is 0.880. The van der Waals surface area contributed by atoms with E-state index in [2.05, 4.69) is 36.4 Å². The Labute approximate surface area is 109 Å². The van der Waals surface area contributed by atoms with Crippen LogP contribution in [-0.4, -0.2) is 0 Å². The molecule has 0 saturated heterocycles. The van der Waals surface area contributed by atoms with Gasteiger partial charge in [-0.15, -0.1) is 0 Å². The maximum atomic E-state index is 6.00. The lowest BCUT2D eigenvalue weighted by Crippen LogP contribution is -2.02. The highest BCUT2D eigenvalue weighted by Crippen LogP contribution is 2.29. The molecule has 1 aliphatic rings. The van der Waals surface area contributed by atoms with Crippen LogP contribution in [0.4, 0.5) is 5.69 Å². The van der Waals surface area contributed by atoms with Crippen molar-refractivity contribution in [2.75, 3.05) is 5.73 Å². The normalized spacial score (nSPS) is 14.3. The fourth-order valence-corrected chi connectivity index (χ4v) is 2.73. The highest BCUT2D eigenvalue weighted by molar-refractivity contribution is 5.70. The van der Waals surface area contributed by atoms with Gasteiger partial charge in [0.15, 0.2) is 0 Å². The second-order valence-corrected chi connectivity index (χ2v) is 5.26. The van der Waals surface area contributed by atoms with Crippen molar-refractivity contribution in [1.29, 1.82) is 0 Å². The molecule has 0 atom stereocenters. The Balaban J connectivity index is 2.03. The van der Waals surface area contributed by atoms with Gasteiger partial charge in [-0.3, -0.25) is 0 Å². The van der Waals surface area contributed by atoms with Crippen molar-refractivity contribution < 1.29 is 0 Å². The number of benzene rings is 2. The first-order valence-electron chi connectivity index (χ1n) is 6.72. The summed E-state index contributed by atoms with van der Waals surface area (Å²) in [5.41, 5.74) is 13.6. The van der Waals surface area contributed by atoms with Gasteiger partial charge in [0.1, 0.15) is 0 Å². The van der Waals surface area contributed by atoms with Crippen LogP contribution in [-0.2, 0) is 12.8 Å². The third-order valence-corrected chi connectivity index (χ3v) is 3.96. The number of fused-ring (bicyclic) bond motifs is 1. The lowest BCUT2D eigenvalue weighted by molar-refractivity contribution is 0.686. The zero-order valence-electron chi connectivity index (χ0n) is 10.9. The molecule has 0 bridgehead atoms. The van der Waals surface area contributed by atoms with Gasteiger partial charge in [-0.2, -0.15) is 0 Å². The van der Waals surface area contributed by atoms with E-state index in [-0.39, 0.29) is 0 Å². The van der Waals surface area contributed by atoms with E-state index in [0.29, 0.717) is 0 Å². The summed E-state index contributed by atoms with van der Waals surface area (Å²) in [4.78, 5) is 0. The van der Waals surface area contributed by atoms with Crippen molar-refractivity contribution in [3.8, 4) is 11.1 Å². The average Bonchev–Trinajstić information content (AvgIpc) is 2.41. The van der Waals surface area contributed by atoms with Gasteiger partial charge >= 0.3 is 0 Å². The Bertz CT molecular complexity index is 584. The average molecular weight is 237 g/mol. The van der Waals surface area contributed by atoms with Gasteiger partial charge in [0.2, 0.25) is 0 Å². The maximum absolute atomic E-state index is 6.00. The van der Waals surface area contributed by atoms with Crippen LogP contribution in [0.2, 0.25) is 0 Å². The van der Waals surface area contributed by atoms with Gasteiger partial charge < -0.3 is 5.73 Å². The van der Waals surface area contributed by atoms with Crippen LogP contribution in [0.15, 0.2) is 36.4 Å². The topological polar surface area (TPSA) is 26.0 Å². The fourth-order valence-electron chi connectivity index (χ4n) is 2.73. The summed E-state index contributed by atoms with van der Waals surface area (Å²) >= 11 is 0. The van der Waals surface area contributed by atoms with Gasteiger partial charge in [0.25, 0.3) is 0 Å². The molecule has 1 nitrogen and oxygen atoms in total. The molecule has 2 aromatic rings. The van der Waals surface area contributed by atoms with E-state index in [4.69, 9.17) is 5.73 Å². The Morgan fingerprint density at radius 3 is 2.28 bits per heavy atom. The molecular weight excluding hydrogens is 218 g/mol. The third-order valence-electron chi connectivity index (χ3n) is 3.96. The van der Waals surface area contributed by atoms with Gasteiger partial charge in [0, 0.05) is 5.69 Å². The lowest BCUT2D eigenvalue weighted by atomic mass is 9.89. The Morgan fingerprint density at radius 2 is 1.50 bits per heavy atom. The summed E-state index contributed by atoms with van der Waals surface area (Å²) in [5.74, 6) is 0. The van der Waals surface area contributed by atoms with Crippen LogP contribution in [0, 0.1) is 6.92 Å². The highest BCUT2D eigenvalue weighted by atomic mass is 14.6. The van der Waals surface area contributed by atoms with Crippen molar-refractivity contribution >= 4 is 5.69 Å². The summed E-state index contributed by atoms with van der Waals surface area (Å²) in [6.45, 7) is 2.05. The molecule has 2 aromatic carbocycles. The summed E-state index contributed by atoms with van der Waals surface area (Å²) in [6.07, 6.45) is 5.13. The number of anilines is 1. The Kier molecular flexibility index (Phi) is 2.83. The largest absolute Gasteiger partial charge is 0.398 e. The zero-order chi connectivity index (χ0) is 12.5. The van der Waals surface area contributed by atoms with E-state index in [0.717, 1.165) is 11.3 Å². The summed E-state index contributed by atoms with van der Waals surface area (Å²) in [6, 6.07) is 13.2. The van der Waals surface area contributed by atoms with Crippen LogP contribution < -0.4 is 5.73 Å². The molecule has 1 aliphatic carbocycles. The first kappa shape index (κ1) is 11.3. The first-order chi connectivity index (χ1) is 8.74. The van der Waals surface area contributed by atoms with E-state index in [1.165, 1.54) is 47.9 Å². The number of hydrogen-bond donors (Lipinski definition) is 1. The van der Waals surface area contributed by atoms with E-state index < -0.39 is 0 Å². The molecule has 0 unspecified atom stereocenters. The van der Waals surface area contributed by atoms with Gasteiger partial charge in [-0.25, -0.2) is 0 Å². The second kappa shape index (κ2) is 4.49. The monoisotopic (exact) mass is 237 g/mol. The minimum absolute atomic E-state index is 0.880. The highest BCUT2D eigenvalue weighted by Gasteiger charge is 2.10. The molecule has 0 fully saturated rings. The lowest BCUT2D eigenvalue weighted by Gasteiger charge is -2.17. The van der Waals surface area contributed by atoms with Gasteiger partial charge in [-0.1, -0.05) is 30.3 Å². The van der Waals surface area contributed by atoms with Gasteiger partial charge in [0.05, 0.1) is 0 Å². The Morgan fingerprint density at radius 1 is 0.833 bits per heavy atom. The van der Waals surface area contributed by atoms with Crippen molar-refractivity contribution in [3.63, 3.8) is 0 Å². The molecule has 18 heavy (non-hydrogen) atoms. The zero-order valence-corrected chi connectivity index (χ0v) is 10.9. The quantitative estimate of drug-likeness (QED) is 0.742. The second-order valence-electron chi connectivity index (χ2n) is 5.26. The summed E-state index contributed by atoms with van der Waals surface area (Å²) in [7, 11) is 0.